The van der Waals surface area contributed by atoms with E-state index in [1.54, 1.807) is 17.5 Å². The number of thiocarbonyl (C=S) groups is 1. The first-order valence-electron chi connectivity index (χ1n) is 4.49. The molecule has 0 amide bonds. The Labute approximate surface area is 88.9 Å². The van der Waals surface area contributed by atoms with E-state index in [2.05, 4.69) is 0 Å². The molecule has 0 aliphatic carbocycles. The van der Waals surface area contributed by atoms with Crippen LogP contribution in [0.2, 0.25) is 0 Å². The fraction of sp³-hybridized carbons (Fsp3) is 0.273. The number of aldehydes is 1. The van der Waals surface area contributed by atoms with Gasteiger partial charge in [-0.1, -0.05) is 24.4 Å². The van der Waals surface area contributed by atoms with E-state index >= 15 is 0 Å². The van der Waals surface area contributed by atoms with Crippen molar-refractivity contribution in [3.63, 3.8) is 0 Å². The molecule has 14 heavy (non-hydrogen) atoms. The maximum absolute atomic E-state index is 10.6. The van der Waals surface area contributed by atoms with Gasteiger partial charge in [0, 0.05) is 0 Å². The zero-order valence-electron chi connectivity index (χ0n) is 7.81. The van der Waals surface area contributed by atoms with Crippen molar-refractivity contribution in [1.82, 2.24) is 0 Å². The third-order valence-corrected chi connectivity index (χ3v) is 2.01. The van der Waals surface area contributed by atoms with Gasteiger partial charge in [-0.2, -0.15) is 0 Å². The Bertz CT molecular complexity index is 310. The van der Waals surface area contributed by atoms with Gasteiger partial charge in [-0.05, 0) is 30.3 Å². The van der Waals surface area contributed by atoms with Crippen molar-refractivity contribution in [3.05, 3.63) is 29.8 Å². The first-order chi connectivity index (χ1) is 6.88. The molecule has 0 aliphatic heterocycles. The van der Waals surface area contributed by atoms with Gasteiger partial charge in [0.1, 0.15) is 5.75 Å². The predicted octanol–water partition coefficient (Wildman–Crippen LogP) is 2.66. The van der Waals surface area contributed by atoms with Crippen molar-refractivity contribution < 1.29 is 9.53 Å². The summed E-state index contributed by atoms with van der Waals surface area (Å²) in [7, 11) is 0. The smallest absolute Gasteiger partial charge is 0.153 e. The van der Waals surface area contributed by atoms with Gasteiger partial charge in [0.15, 0.2) is 6.29 Å². The monoisotopic (exact) mass is 208 g/mol. The van der Waals surface area contributed by atoms with Crippen molar-refractivity contribution in [1.29, 1.82) is 0 Å². The molecule has 0 unspecified atom stereocenters. The number of ether oxygens (including phenoxy) is 1. The Morgan fingerprint density at radius 3 is 2.86 bits per heavy atom. The number of hydrogen-bond donors (Lipinski definition) is 0. The Morgan fingerprint density at radius 1 is 1.36 bits per heavy atom. The second-order valence-corrected chi connectivity index (χ2v) is 3.15. The molecule has 1 aromatic rings. The second kappa shape index (κ2) is 6.27. The molecule has 0 spiro atoms. The molecule has 0 bridgehead atoms. The van der Waals surface area contributed by atoms with Gasteiger partial charge in [-0.3, -0.25) is 4.79 Å². The minimum absolute atomic E-state index is 0.592. The fourth-order valence-electron chi connectivity index (χ4n) is 1.06. The molecule has 2 nitrogen and oxygen atoms in total. The van der Waals surface area contributed by atoms with Gasteiger partial charge < -0.3 is 4.74 Å². The third kappa shape index (κ3) is 3.26. The van der Waals surface area contributed by atoms with Gasteiger partial charge in [-0.25, -0.2) is 0 Å². The summed E-state index contributed by atoms with van der Waals surface area (Å²) in [6.45, 7) is 0.595. The van der Waals surface area contributed by atoms with Crippen LogP contribution in [0.3, 0.4) is 0 Å². The van der Waals surface area contributed by atoms with E-state index in [9.17, 15) is 4.79 Å². The van der Waals surface area contributed by atoms with E-state index in [1.165, 1.54) is 0 Å². The van der Waals surface area contributed by atoms with Crippen LogP contribution in [0.5, 0.6) is 5.75 Å². The topological polar surface area (TPSA) is 26.3 Å². The number of para-hydroxylation sites is 1. The Hall–Kier alpha value is -1.22. The summed E-state index contributed by atoms with van der Waals surface area (Å²) in [5, 5.41) is 1.69. The largest absolute Gasteiger partial charge is 0.493 e. The summed E-state index contributed by atoms with van der Waals surface area (Å²) in [5.41, 5.74) is 0.592. The normalized spacial score (nSPS) is 9.43. The van der Waals surface area contributed by atoms with Crippen LogP contribution in [0.1, 0.15) is 23.2 Å². The highest BCUT2D eigenvalue weighted by Crippen LogP contribution is 2.15. The SMILES string of the molecule is O=Cc1ccccc1OCCCC=S. The summed E-state index contributed by atoms with van der Waals surface area (Å²) < 4.78 is 5.43. The Kier molecular flexibility index (Phi) is 4.86. The summed E-state index contributed by atoms with van der Waals surface area (Å²) in [4.78, 5) is 10.6. The van der Waals surface area contributed by atoms with Crippen LogP contribution in [0.15, 0.2) is 24.3 Å². The minimum Gasteiger partial charge on any atom is -0.493 e. The average molecular weight is 208 g/mol. The zero-order chi connectivity index (χ0) is 10.2. The van der Waals surface area contributed by atoms with E-state index in [-0.39, 0.29) is 0 Å². The van der Waals surface area contributed by atoms with Gasteiger partial charge in [0.05, 0.1) is 12.2 Å². The van der Waals surface area contributed by atoms with E-state index < -0.39 is 0 Å². The van der Waals surface area contributed by atoms with Crippen molar-refractivity contribution in [2.24, 2.45) is 0 Å². The number of benzene rings is 1. The van der Waals surface area contributed by atoms with Crippen LogP contribution < -0.4 is 4.74 Å². The lowest BCUT2D eigenvalue weighted by Gasteiger charge is -2.06. The minimum atomic E-state index is 0.592. The second-order valence-electron chi connectivity index (χ2n) is 2.81. The third-order valence-electron chi connectivity index (χ3n) is 1.77. The van der Waals surface area contributed by atoms with Crippen LogP contribution in [-0.4, -0.2) is 18.3 Å². The average Bonchev–Trinajstić information content (AvgIpc) is 2.25. The van der Waals surface area contributed by atoms with E-state index in [1.807, 2.05) is 12.1 Å². The zero-order valence-corrected chi connectivity index (χ0v) is 8.63. The Morgan fingerprint density at radius 2 is 2.14 bits per heavy atom. The first-order valence-corrected chi connectivity index (χ1v) is 4.96. The van der Waals surface area contributed by atoms with E-state index in [0.29, 0.717) is 17.9 Å². The number of carbonyl (C=O) groups is 1. The summed E-state index contributed by atoms with van der Waals surface area (Å²) in [6, 6.07) is 7.19. The van der Waals surface area contributed by atoms with Gasteiger partial charge in [0.25, 0.3) is 0 Å². The molecule has 1 rings (SSSR count). The van der Waals surface area contributed by atoms with Crippen LogP contribution in [0.4, 0.5) is 0 Å². The maximum Gasteiger partial charge on any atom is 0.153 e. The number of carbonyl (C=O) groups excluding carboxylic acids is 1. The van der Waals surface area contributed by atoms with Crippen molar-refractivity contribution in [3.8, 4) is 5.75 Å². The number of unbranched alkanes of at least 4 members (excludes halogenated alkanes) is 1. The number of hydrogen-bond acceptors (Lipinski definition) is 3. The van der Waals surface area contributed by atoms with Crippen molar-refractivity contribution >= 4 is 23.9 Å². The molecular weight excluding hydrogens is 196 g/mol. The molecule has 0 radical (unpaired) electrons. The molecule has 0 heterocycles. The molecule has 74 valence electrons. The van der Waals surface area contributed by atoms with Crippen LogP contribution in [0.25, 0.3) is 0 Å². The number of rotatable bonds is 6. The highest BCUT2D eigenvalue weighted by molar-refractivity contribution is 7.78. The molecule has 0 N–H and O–H groups in total. The Balaban J connectivity index is 2.48. The molecule has 0 aliphatic rings. The van der Waals surface area contributed by atoms with Crippen molar-refractivity contribution in [2.75, 3.05) is 6.61 Å². The highest BCUT2D eigenvalue weighted by Gasteiger charge is 1.99. The van der Waals surface area contributed by atoms with Gasteiger partial charge >= 0.3 is 0 Å². The molecular formula is C11H12O2S. The van der Waals surface area contributed by atoms with Crippen LogP contribution in [-0.2, 0) is 0 Å². The molecule has 1 aromatic carbocycles. The lowest BCUT2D eigenvalue weighted by Crippen LogP contribution is -1.99. The van der Waals surface area contributed by atoms with Gasteiger partial charge in [0.2, 0.25) is 0 Å². The molecule has 0 saturated carbocycles. The molecule has 0 atom stereocenters. The molecule has 3 heteroatoms. The van der Waals surface area contributed by atoms with Gasteiger partial charge in [-0.15, -0.1) is 0 Å². The van der Waals surface area contributed by atoms with Crippen LogP contribution in [0, 0.1) is 0 Å². The summed E-state index contributed by atoms with van der Waals surface area (Å²) >= 11 is 4.69. The van der Waals surface area contributed by atoms with E-state index in [4.69, 9.17) is 17.0 Å². The lowest BCUT2D eigenvalue weighted by atomic mass is 10.2. The standard InChI is InChI=1S/C11H12O2S/c12-9-10-5-1-2-6-11(10)13-7-3-4-8-14/h1-2,5-6,8-9H,3-4,7H2. The predicted molar refractivity (Wildman–Crippen MR) is 60.2 cm³/mol. The first kappa shape index (κ1) is 10.9. The maximum atomic E-state index is 10.6. The molecule has 0 saturated heterocycles. The molecule has 0 aromatic heterocycles. The van der Waals surface area contributed by atoms with Crippen molar-refractivity contribution in [2.45, 2.75) is 12.8 Å². The highest BCUT2D eigenvalue weighted by atomic mass is 32.1. The summed E-state index contributed by atoms with van der Waals surface area (Å²) in [5.74, 6) is 0.645. The fourth-order valence-corrected chi connectivity index (χ4v) is 1.22. The summed E-state index contributed by atoms with van der Waals surface area (Å²) in [6.07, 6.45) is 2.55. The molecule has 0 fully saturated rings. The van der Waals surface area contributed by atoms with Crippen LogP contribution >= 0.6 is 12.2 Å². The van der Waals surface area contributed by atoms with E-state index in [0.717, 1.165) is 19.1 Å². The quantitative estimate of drug-likeness (QED) is 0.408. The lowest BCUT2D eigenvalue weighted by molar-refractivity contribution is 0.111.